The summed E-state index contributed by atoms with van der Waals surface area (Å²) in [6.07, 6.45) is 10.6. The van der Waals surface area contributed by atoms with Gasteiger partial charge in [-0.3, -0.25) is 9.59 Å². The van der Waals surface area contributed by atoms with Crippen LogP contribution in [0.15, 0.2) is 0 Å². The molecule has 4 nitrogen and oxygen atoms in total. The first-order chi connectivity index (χ1) is 14.0. The molecular formula is C24H46O4S. The number of hydrogen-bond donors (Lipinski definition) is 0. The van der Waals surface area contributed by atoms with Crippen LogP contribution in [0.4, 0.5) is 0 Å². The molecule has 2 atom stereocenters. The fourth-order valence-corrected chi connectivity index (χ4v) is 4.26. The molecule has 2 unspecified atom stereocenters. The van der Waals surface area contributed by atoms with Crippen LogP contribution in [-0.2, 0) is 19.1 Å². The summed E-state index contributed by atoms with van der Waals surface area (Å²) in [4.78, 5) is 24.7. The van der Waals surface area contributed by atoms with Gasteiger partial charge < -0.3 is 9.47 Å². The highest BCUT2D eigenvalue weighted by atomic mass is 32.2. The lowest BCUT2D eigenvalue weighted by molar-refractivity contribution is -0.146. The summed E-state index contributed by atoms with van der Waals surface area (Å²) in [5, 5.41) is -0.0543. The molecule has 0 heterocycles. The molecule has 0 saturated heterocycles. The van der Waals surface area contributed by atoms with Crippen molar-refractivity contribution in [1.82, 2.24) is 0 Å². The summed E-state index contributed by atoms with van der Waals surface area (Å²) in [6.45, 7) is 11.8. The molecule has 0 amide bonds. The smallest absolute Gasteiger partial charge is 0.306 e. The zero-order valence-electron chi connectivity index (χ0n) is 19.7. The maximum Gasteiger partial charge on any atom is 0.306 e. The quantitative estimate of drug-likeness (QED) is 0.211. The number of rotatable bonds is 19. The molecule has 0 aliphatic carbocycles. The predicted octanol–water partition coefficient (Wildman–Crippen LogP) is 6.80. The van der Waals surface area contributed by atoms with Gasteiger partial charge in [-0.05, 0) is 36.9 Å². The molecule has 0 fully saturated rings. The summed E-state index contributed by atoms with van der Waals surface area (Å²) >= 11 is 1.68. The second-order valence-electron chi connectivity index (χ2n) is 8.10. The molecule has 172 valence electrons. The van der Waals surface area contributed by atoms with Crippen molar-refractivity contribution in [2.45, 2.75) is 110 Å². The molecule has 0 radical (unpaired) electrons. The molecule has 0 aromatic carbocycles. The number of esters is 2. The van der Waals surface area contributed by atoms with E-state index in [1.54, 1.807) is 11.8 Å². The van der Waals surface area contributed by atoms with Crippen LogP contribution in [0.3, 0.4) is 0 Å². The number of unbranched alkanes of at least 4 members (excludes halogenated alkanes) is 2. The Hall–Kier alpha value is -0.710. The van der Waals surface area contributed by atoms with Gasteiger partial charge in [-0.2, -0.15) is 11.8 Å². The molecular weight excluding hydrogens is 384 g/mol. The summed E-state index contributed by atoms with van der Waals surface area (Å²) in [7, 11) is 0. The van der Waals surface area contributed by atoms with Crippen LogP contribution >= 0.6 is 11.8 Å². The Kier molecular flexibility index (Phi) is 18.8. The first-order valence-corrected chi connectivity index (χ1v) is 13.0. The third-order valence-corrected chi connectivity index (χ3v) is 6.84. The van der Waals surface area contributed by atoms with Crippen molar-refractivity contribution >= 4 is 23.7 Å². The number of thioether (sulfide) groups is 1. The van der Waals surface area contributed by atoms with E-state index in [4.69, 9.17) is 9.47 Å². The molecule has 29 heavy (non-hydrogen) atoms. The zero-order chi connectivity index (χ0) is 21.9. The second-order valence-corrected chi connectivity index (χ2v) is 9.51. The van der Waals surface area contributed by atoms with E-state index in [0.29, 0.717) is 25.0 Å². The van der Waals surface area contributed by atoms with E-state index in [0.717, 1.165) is 37.9 Å². The van der Waals surface area contributed by atoms with Gasteiger partial charge in [0.15, 0.2) is 0 Å². The highest BCUT2D eigenvalue weighted by Crippen LogP contribution is 2.22. The third kappa shape index (κ3) is 15.7. The van der Waals surface area contributed by atoms with Crippen LogP contribution in [0, 0.1) is 11.8 Å². The molecule has 0 spiro atoms. The van der Waals surface area contributed by atoms with Gasteiger partial charge in [-0.25, -0.2) is 0 Å². The molecule has 0 bridgehead atoms. The SMILES string of the molecule is CCCCC(CC)COC(=O)CC(CC(=O)OCC(CC)CCCC)SCCC. The monoisotopic (exact) mass is 430 g/mol. The van der Waals surface area contributed by atoms with E-state index in [1.165, 1.54) is 25.7 Å². The van der Waals surface area contributed by atoms with Crippen molar-refractivity contribution in [3.05, 3.63) is 0 Å². The number of ether oxygens (including phenoxy) is 2. The fourth-order valence-electron chi connectivity index (χ4n) is 3.18. The Balaban J connectivity index is 4.44. The average Bonchev–Trinajstić information content (AvgIpc) is 2.72. The Morgan fingerprint density at radius 2 is 1.17 bits per heavy atom. The molecule has 0 N–H and O–H groups in total. The lowest BCUT2D eigenvalue weighted by atomic mass is 10.0. The summed E-state index contributed by atoms with van der Waals surface area (Å²) in [5.41, 5.74) is 0. The van der Waals surface area contributed by atoms with E-state index in [2.05, 4.69) is 34.6 Å². The van der Waals surface area contributed by atoms with Crippen molar-refractivity contribution < 1.29 is 19.1 Å². The minimum Gasteiger partial charge on any atom is -0.465 e. The first-order valence-electron chi connectivity index (χ1n) is 11.9. The number of carbonyl (C=O) groups excluding carboxylic acids is 2. The second kappa shape index (κ2) is 19.3. The summed E-state index contributed by atoms with van der Waals surface area (Å²) in [5.74, 6) is 1.46. The topological polar surface area (TPSA) is 52.6 Å². The van der Waals surface area contributed by atoms with Gasteiger partial charge in [0.05, 0.1) is 26.1 Å². The first kappa shape index (κ1) is 28.3. The van der Waals surface area contributed by atoms with E-state index in [-0.39, 0.29) is 30.0 Å². The Morgan fingerprint density at radius 3 is 1.52 bits per heavy atom. The Morgan fingerprint density at radius 1 is 0.724 bits per heavy atom. The van der Waals surface area contributed by atoms with E-state index in [1.807, 2.05) is 0 Å². The maximum atomic E-state index is 12.3. The molecule has 5 heteroatoms. The van der Waals surface area contributed by atoms with Crippen LogP contribution in [0.2, 0.25) is 0 Å². The van der Waals surface area contributed by atoms with Gasteiger partial charge in [0.25, 0.3) is 0 Å². The summed E-state index contributed by atoms with van der Waals surface area (Å²) < 4.78 is 11.1. The fraction of sp³-hybridized carbons (Fsp3) is 0.917. The van der Waals surface area contributed by atoms with E-state index < -0.39 is 0 Å². The van der Waals surface area contributed by atoms with E-state index in [9.17, 15) is 9.59 Å². The standard InChI is InChI=1S/C24H46O4S/c1-6-11-13-20(9-4)18-27-23(25)16-22(29-15-8-3)17-24(26)28-19-21(10-5)14-12-7-2/h20-22H,6-19H2,1-5H3. The zero-order valence-corrected chi connectivity index (χ0v) is 20.5. The van der Waals surface area contributed by atoms with Gasteiger partial charge in [-0.15, -0.1) is 0 Å². The van der Waals surface area contributed by atoms with Gasteiger partial charge in [0.1, 0.15) is 0 Å². The van der Waals surface area contributed by atoms with Crippen LogP contribution in [0.1, 0.15) is 105 Å². The molecule has 0 aliphatic rings. The molecule has 0 saturated carbocycles. The van der Waals surface area contributed by atoms with Crippen LogP contribution < -0.4 is 0 Å². The average molecular weight is 431 g/mol. The van der Waals surface area contributed by atoms with Crippen LogP contribution in [-0.4, -0.2) is 36.2 Å². The van der Waals surface area contributed by atoms with Gasteiger partial charge in [0.2, 0.25) is 0 Å². The van der Waals surface area contributed by atoms with Gasteiger partial charge in [0, 0.05) is 5.25 Å². The van der Waals surface area contributed by atoms with Crippen molar-refractivity contribution in [3.63, 3.8) is 0 Å². The van der Waals surface area contributed by atoms with Crippen LogP contribution in [0.25, 0.3) is 0 Å². The van der Waals surface area contributed by atoms with Crippen molar-refractivity contribution in [2.75, 3.05) is 19.0 Å². The van der Waals surface area contributed by atoms with Crippen molar-refractivity contribution in [1.29, 1.82) is 0 Å². The van der Waals surface area contributed by atoms with E-state index >= 15 is 0 Å². The predicted molar refractivity (Wildman–Crippen MR) is 124 cm³/mol. The molecule has 0 rings (SSSR count). The van der Waals surface area contributed by atoms with Crippen molar-refractivity contribution in [2.24, 2.45) is 11.8 Å². The lowest BCUT2D eigenvalue weighted by Crippen LogP contribution is -2.22. The number of hydrogen-bond acceptors (Lipinski definition) is 5. The lowest BCUT2D eigenvalue weighted by Gasteiger charge is -2.19. The Labute approximate surface area is 184 Å². The maximum absolute atomic E-state index is 12.3. The molecule has 0 aromatic heterocycles. The van der Waals surface area contributed by atoms with Gasteiger partial charge >= 0.3 is 11.9 Å². The summed E-state index contributed by atoms with van der Waals surface area (Å²) in [6, 6.07) is 0. The van der Waals surface area contributed by atoms with Crippen molar-refractivity contribution in [3.8, 4) is 0 Å². The minimum atomic E-state index is -0.185. The normalized spacial score (nSPS) is 14.2. The highest BCUT2D eigenvalue weighted by molar-refractivity contribution is 7.99. The largest absolute Gasteiger partial charge is 0.465 e. The third-order valence-electron chi connectivity index (χ3n) is 5.39. The Bertz CT molecular complexity index is 380. The number of carbonyl (C=O) groups is 2. The van der Waals surface area contributed by atoms with Gasteiger partial charge in [-0.1, -0.05) is 73.1 Å². The highest BCUT2D eigenvalue weighted by Gasteiger charge is 2.21. The van der Waals surface area contributed by atoms with Crippen LogP contribution in [0.5, 0.6) is 0 Å². The minimum absolute atomic E-state index is 0.0543. The molecule has 0 aliphatic heterocycles. The molecule has 0 aromatic rings.